The highest BCUT2D eigenvalue weighted by atomic mass is 79.9. The minimum Gasteiger partial charge on any atom is -0.493 e. The largest absolute Gasteiger partial charge is 0.493 e. The monoisotopic (exact) mass is 342 g/mol. The van der Waals surface area contributed by atoms with Gasteiger partial charge in [-0.05, 0) is 25.8 Å². The average molecular weight is 343 g/mol. The number of methoxy groups -OCH3 is 2. The van der Waals surface area contributed by atoms with E-state index in [2.05, 4.69) is 25.8 Å². The molecule has 1 fully saturated rings. The van der Waals surface area contributed by atoms with Crippen LogP contribution in [0.15, 0.2) is 12.3 Å². The summed E-state index contributed by atoms with van der Waals surface area (Å²) in [4.78, 5) is 7.01. The van der Waals surface area contributed by atoms with Crippen LogP contribution in [0.2, 0.25) is 0 Å². The van der Waals surface area contributed by atoms with Crippen molar-refractivity contribution in [2.75, 3.05) is 26.1 Å². The van der Waals surface area contributed by atoms with Crippen LogP contribution in [-0.2, 0) is 6.54 Å². The molecule has 0 saturated carbocycles. The van der Waals surface area contributed by atoms with Crippen molar-refractivity contribution in [2.24, 2.45) is 0 Å². The summed E-state index contributed by atoms with van der Waals surface area (Å²) in [6, 6.07) is 2.48. The van der Waals surface area contributed by atoms with Gasteiger partial charge in [0.05, 0.1) is 14.2 Å². The van der Waals surface area contributed by atoms with E-state index >= 15 is 0 Å². The quantitative estimate of drug-likeness (QED) is 0.743. The zero-order valence-corrected chi connectivity index (χ0v) is 13.9. The molecule has 1 aliphatic heterocycles. The molecule has 1 aliphatic rings. The molecule has 1 unspecified atom stereocenters. The van der Waals surface area contributed by atoms with Crippen LogP contribution in [0.25, 0.3) is 0 Å². The molecule has 0 aromatic carbocycles. The molecule has 4 nitrogen and oxygen atoms in total. The van der Waals surface area contributed by atoms with E-state index in [0.29, 0.717) is 6.04 Å². The highest BCUT2D eigenvalue weighted by Crippen LogP contribution is 2.31. The van der Waals surface area contributed by atoms with Crippen molar-refractivity contribution in [2.45, 2.75) is 38.3 Å². The van der Waals surface area contributed by atoms with Gasteiger partial charge in [-0.1, -0.05) is 22.4 Å². The Morgan fingerprint density at radius 3 is 2.90 bits per heavy atom. The van der Waals surface area contributed by atoms with Crippen molar-refractivity contribution < 1.29 is 9.47 Å². The molecular weight excluding hydrogens is 320 g/mol. The first kappa shape index (κ1) is 15.6. The predicted octanol–water partition coefficient (Wildman–Crippen LogP) is 3.24. The van der Waals surface area contributed by atoms with Crippen molar-refractivity contribution in [1.29, 1.82) is 0 Å². The second-order valence-electron chi connectivity index (χ2n) is 5.09. The Kier molecular flexibility index (Phi) is 6.10. The van der Waals surface area contributed by atoms with Gasteiger partial charge in [-0.3, -0.25) is 9.88 Å². The molecular formula is C15H23BrN2O2. The fraction of sp³-hybridized carbons (Fsp3) is 0.667. The van der Waals surface area contributed by atoms with Gasteiger partial charge in [-0.25, -0.2) is 0 Å². The minimum atomic E-state index is 0.640. The molecule has 1 aromatic heterocycles. The Morgan fingerprint density at radius 2 is 2.20 bits per heavy atom. The number of nitrogens with zero attached hydrogens (tertiary/aromatic N) is 2. The highest BCUT2D eigenvalue weighted by Gasteiger charge is 2.24. The molecule has 1 saturated heterocycles. The van der Waals surface area contributed by atoms with E-state index < -0.39 is 0 Å². The smallest absolute Gasteiger partial charge is 0.183 e. The number of pyridine rings is 1. The molecule has 1 aromatic rings. The van der Waals surface area contributed by atoms with E-state index in [-0.39, 0.29) is 0 Å². The Labute approximate surface area is 129 Å². The van der Waals surface area contributed by atoms with Gasteiger partial charge in [0.15, 0.2) is 11.5 Å². The fourth-order valence-electron chi connectivity index (χ4n) is 2.88. The lowest BCUT2D eigenvalue weighted by molar-refractivity contribution is 0.134. The molecule has 20 heavy (non-hydrogen) atoms. The number of rotatable bonds is 6. The maximum atomic E-state index is 5.48. The van der Waals surface area contributed by atoms with Crippen LogP contribution in [-0.4, -0.2) is 42.0 Å². The summed E-state index contributed by atoms with van der Waals surface area (Å²) in [7, 11) is 3.34. The summed E-state index contributed by atoms with van der Waals surface area (Å²) in [6.45, 7) is 1.97. The summed E-state index contributed by atoms with van der Waals surface area (Å²) >= 11 is 3.56. The highest BCUT2D eigenvalue weighted by molar-refractivity contribution is 9.09. The Bertz CT molecular complexity index is 426. The van der Waals surface area contributed by atoms with Gasteiger partial charge >= 0.3 is 0 Å². The van der Waals surface area contributed by atoms with Crippen LogP contribution in [0.3, 0.4) is 0 Å². The van der Waals surface area contributed by atoms with Gasteiger partial charge in [-0.15, -0.1) is 0 Å². The summed E-state index contributed by atoms with van der Waals surface area (Å²) in [5, 5.41) is 1.05. The van der Waals surface area contributed by atoms with E-state index in [1.54, 1.807) is 20.4 Å². The van der Waals surface area contributed by atoms with E-state index in [1.165, 1.54) is 25.7 Å². The lowest BCUT2D eigenvalue weighted by Gasteiger charge is -2.35. The first-order valence-corrected chi connectivity index (χ1v) is 8.28. The van der Waals surface area contributed by atoms with Crippen LogP contribution >= 0.6 is 15.9 Å². The number of hydrogen-bond acceptors (Lipinski definition) is 4. The van der Waals surface area contributed by atoms with Crippen LogP contribution in [0, 0.1) is 0 Å². The summed E-state index contributed by atoms with van der Waals surface area (Å²) in [6.07, 6.45) is 6.85. The molecule has 1 atom stereocenters. The Balaban J connectivity index is 2.15. The number of piperidine rings is 1. The van der Waals surface area contributed by atoms with Gasteiger partial charge in [0, 0.05) is 30.2 Å². The normalized spacial score (nSPS) is 19.9. The summed E-state index contributed by atoms with van der Waals surface area (Å²) in [5.41, 5.74) is 0.966. The van der Waals surface area contributed by atoms with Gasteiger partial charge in [0.1, 0.15) is 5.69 Å². The summed E-state index contributed by atoms with van der Waals surface area (Å²) in [5.74, 6) is 1.52. The zero-order valence-electron chi connectivity index (χ0n) is 12.3. The van der Waals surface area contributed by atoms with Crippen molar-refractivity contribution in [1.82, 2.24) is 9.88 Å². The van der Waals surface area contributed by atoms with Crippen LogP contribution in [0.4, 0.5) is 0 Å². The second-order valence-corrected chi connectivity index (χ2v) is 5.88. The number of halogens is 1. The number of hydrogen-bond donors (Lipinski definition) is 0. The van der Waals surface area contributed by atoms with Crippen molar-refractivity contribution in [3.8, 4) is 11.5 Å². The zero-order chi connectivity index (χ0) is 14.4. The van der Waals surface area contributed by atoms with Gasteiger partial charge < -0.3 is 9.47 Å². The Hall–Kier alpha value is -0.810. The lowest BCUT2D eigenvalue weighted by Crippen LogP contribution is -2.39. The number of likely N-dealkylation sites (tertiary alicyclic amines) is 1. The molecule has 0 radical (unpaired) electrons. The molecule has 0 aliphatic carbocycles. The SMILES string of the molecule is COc1ccnc(CN2CCCCC2CCBr)c1OC. The molecule has 112 valence electrons. The van der Waals surface area contributed by atoms with Crippen molar-refractivity contribution >= 4 is 15.9 Å². The van der Waals surface area contributed by atoms with Gasteiger partial charge in [0.25, 0.3) is 0 Å². The molecule has 0 spiro atoms. The molecule has 0 bridgehead atoms. The second kappa shape index (κ2) is 7.84. The maximum Gasteiger partial charge on any atom is 0.183 e. The van der Waals surface area contributed by atoms with E-state index in [1.807, 2.05) is 6.07 Å². The Morgan fingerprint density at radius 1 is 1.35 bits per heavy atom. The molecule has 2 heterocycles. The topological polar surface area (TPSA) is 34.6 Å². The van der Waals surface area contributed by atoms with E-state index in [4.69, 9.17) is 9.47 Å². The van der Waals surface area contributed by atoms with Crippen molar-refractivity contribution in [3.63, 3.8) is 0 Å². The van der Waals surface area contributed by atoms with Gasteiger partial charge in [-0.2, -0.15) is 0 Å². The molecule has 0 amide bonds. The third-order valence-electron chi connectivity index (χ3n) is 3.91. The van der Waals surface area contributed by atoms with Gasteiger partial charge in [0.2, 0.25) is 0 Å². The molecule has 0 N–H and O–H groups in total. The molecule has 2 rings (SSSR count). The lowest BCUT2D eigenvalue weighted by atomic mass is 10.00. The first-order valence-electron chi connectivity index (χ1n) is 7.16. The first-order chi connectivity index (χ1) is 9.80. The van der Waals surface area contributed by atoms with E-state index in [9.17, 15) is 0 Å². The van der Waals surface area contributed by atoms with Crippen LogP contribution in [0.1, 0.15) is 31.4 Å². The van der Waals surface area contributed by atoms with Crippen molar-refractivity contribution in [3.05, 3.63) is 18.0 Å². The minimum absolute atomic E-state index is 0.640. The number of alkyl halides is 1. The van der Waals surface area contributed by atoms with Crippen LogP contribution in [0.5, 0.6) is 11.5 Å². The van der Waals surface area contributed by atoms with Crippen LogP contribution < -0.4 is 9.47 Å². The number of ether oxygens (including phenoxy) is 2. The third-order valence-corrected chi connectivity index (χ3v) is 4.37. The maximum absolute atomic E-state index is 5.48. The standard InChI is InChI=1S/C15H23BrN2O2/c1-19-14-7-9-17-13(15(14)20-2)11-18-10-4-3-5-12(18)6-8-16/h7,9,12H,3-6,8,10-11H2,1-2H3. The van der Waals surface area contributed by atoms with E-state index in [0.717, 1.165) is 35.6 Å². The third kappa shape index (κ3) is 3.64. The average Bonchev–Trinajstić information content (AvgIpc) is 2.49. The summed E-state index contributed by atoms with van der Waals surface area (Å²) < 4.78 is 10.8. The fourth-order valence-corrected chi connectivity index (χ4v) is 3.41. The number of aromatic nitrogens is 1. The predicted molar refractivity (Wildman–Crippen MR) is 83.8 cm³/mol. The molecule has 5 heteroatoms.